The summed E-state index contributed by atoms with van der Waals surface area (Å²) in [6, 6.07) is 21.9. The number of benzene rings is 3. The van der Waals surface area contributed by atoms with E-state index >= 15 is 0 Å². The van der Waals surface area contributed by atoms with E-state index in [1.165, 1.54) is 0 Å². The third-order valence-corrected chi connectivity index (χ3v) is 5.57. The van der Waals surface area contributed by atoms with Crippen LogP contribution in [-0.4, -0.2) is 25.1 Å². The molecule has 0 spiro atoms. The molecule has 2 amide bonds. The molecule has 0 saturated carbocycles. The fraction of sp³-hybridized carbons (Fsp3) is 0.250. The van der Waals surface area contributed by atoms with Gasteiger partial charge in [0.25, 0.3) is 5.91 Å². The maximum absolute atomic E-state index is 12.7. The van der Waals surface area contributed by atoms with E-state index < -0.39 is 6.04 Å². The Morgan fingerprint density at radius 2 is 1.65 bits per heavy atom. The van der Waals surface area contributed by atoms with Gasteiger partial charge in [-0.05, 0) is 59.4 Å². The van der Waals surface area contributed by atoms with Crippen molar-refractivity contribution in [3.05, 3.63) is 101 Å². The topological polar surface area (TPSA) is 79.8 Å². The van der Waals surface area contributed by atoms with Gasteiger partial charge >= 0.3 is 0 Å². The second-order valence-corrected chi connectivity index (χ2v) is 8.41. The summed E-state index contributed by atoms with van der Waals surface area (Å²) in [5.41, 5.74) is 6.96. The lowest BCUT2D eigenvalue weighted by molar-refractivity contribution is -0.121. The van der Waals surface area contributed by atoms with Crippen molar-refractivity contribution in [2.24, 2.45) is 5.10 Å². The number of carbonyl (C=O) groups excluding carboxylic acids is 2. The fourth-order valence-corrected chi connectivity index (χ4v) is 3.66. The van der Waals surface area contributed by atoms with Crippen LogP contribution in [0, 0.1) is 6.92 Å². The Bertz CT molecular complexity index is 1140. The zero-order chi connectivity index (χ0) is 24.5. The highest BCUT2D eigenvalue weighted by Gasteiger charge is 2.19. The van der Waals surface area contributed by atoms with Gasteiger partial charge < -0.3 is 10.1 Å². The summed E-state index contributed by atoms with van der Waals surface area (Å²) in [5.74, 6) is 0.597. The highest BCUT2D eigenvalue weighted by atomic mass is 16.5. The Morgan fingerprint density at radius 1 is 1.00 bits per heavy atom. The molecule has 1 atom stereocenters. The van der Waals surface area contributed by atoms with Crippen LogP contribution in [0.2, 0.25) is 0 Å². The summed E-state index contributed by atoms with van der Waals surface area (Å²) in [5, 5.41) is 7.13. The van der Waals surface area contributed by atoms with E-state index in [4.69, 9.17) is 4.74 Å². The summed E-state index contributed by atoms with van der Waals surface area (Å²) >= 11 is 0. The van der Waals surface area contributed by atoms with Crippen LogP contribution in [-0.2, 0) is 4.79 Å². The number of aryl methyl sites for hydroxylation is 1. The van der Waals surface area contributed by atoms with Crippen LogP contribution in [0.5, 0.6) is 5.75 Å². The number of nitrogens with one attached hydrogen (secondary N) is 2. The lowest BCUT2D eigenvalue weighted by Crippen LogP contribution is -2.32. The van der Waals surface area contributed by atoms with Gasteiger partial charge in [0.2, 0.25) is 5.91 Å². The Balaban J connectivity index is 1.71. The Kier molecular flexibility index (Phi) is 8.57. The van der Waals surface area contributed by atoms with Crippen LogP contribution >= 0.6 is 0 Å². The minimum atomic E-state index is -0.487. The first-order chi connectivity index (χ1) is 16.4. The van der Waals surface area contributed by atoms with Crippen LogP contribution in [0.4, 0.5) is 0 Å². The molecule has 0 heterocycles. The van der Waals surface area contributed by atoms with Crippen LogP contribution < -0.4 is 15.5 Å². The number of nitrogens with zero attached hydrogens (tertiary/aromatic N) is 1. The molecule has 176 valence electrons. The van der Waals surface area contributed by atoms with Crippen molar-refractivity contribution in [3.8, 4) is 5.75 Å². The summed E-state index contributed by atoms with van der Waals surface area (Å²) in [6.07, 6.45) is 1.69. The molecule has 3 aromatic rings. The number of methoxy groups -OCH3 is 1. The van der Waals surface area contributed by atoms with E-state index in [-0.39, 0.29) is 24.2 Å². The van der Waals surface area contributed by atoms with Crippen molar-refractivity contribution in [1.29, 1.82) is 0 Å². The van der Waals surface area contributed by atoms with Crippen LogP contribution in [0.25, 0.3) is 0 Å². The molecule has 0 saturated heterocycles. The first kappa shape index (κ1) is 24.7. The molecule has 0 bridgehead atoms. The highest BCUT2D eigenvalue weighted by Crippen LogP contribution is 2.29. The quantitative estimate of drug-likeness (QED) is 0.345. The molecule has 0 aliphatic carbocycles. The van der Waals surface area contributed by atoms with E-state index in [9.17, 15) is 9.59 Å². The van der Waals surface area contributed by atoms with Gasteiger partial charge in [0.15, 0.2) is 0 Å². The number of amides is 2. The van der Waals surface area contributed by atoms with Gasteiger partial charge in [-0.1, -0.05) is 62.4 Å². The maximum atomic E-state index is 12.7. The number of carbonyl (C=O) groups is 2. The van der Waals surface area contributed by atoms with Crippen molar-refractivity contribution in [2.45, 2.75) is 39.2 Å². The molecular formula is C28H31N3O3. The van der Waals surface area contributed by atoms with E-state index in [0.717, 1.165) is 28.0 Å². The van der Waals surface area contributed by atoms with E-state index in [1.807, 2.05) is 55.5 Å². The van der Waals surface area contributed by atoms with Crippen LogP contribution in [0.1, 0.15) is 64.8 Å². The molecule has 6 nitrogen and oxygen atoms in total. The average molecular weight is 458 g/mol. The predicted octanol–water partition coefficient (Wildman–Crippen LogP) is 5.14. The first-order valence-corrected chi connectivity index (χ1v) is 11.3. The van der Waals surface area contributed by atoms with Gasteiger partial charge in [-0.3, -0.25) is 9.59 Å². The first-order valence-electron chi connectivity index (χ1n) is 11.3. The fourth-order valence-electron chi connectivity index (χ4n) is 3.66. The van der Waals surface area contributed by atoms with Gasteiger partial charge in [0, 0.05) is 5.56 Å². The largest absolute Gasteiger partial charge is 0.496 e. The molecule has 3 aromatic carbocycles. The number of ether oxygens (including phenoxy) is 1. The SMILES string of the molecule is COc1cc(C)c(/C=N\NC(=O)C[C@H](NC(=O)c2ccccc2)c2ccccc2)cc1C(C)C. The molecule has 0 aliphatic heterocycles. The Hall–Kier alpha value is -3.93. The third kappa shape index (κ3) is 6.54. The summed E-state index contributed by atoms with van der Waals surface area (Å²) in [7, 11) is 1.66. The van der Waals surface area contributed by atoms with E-state index in [1.54, 1.807) is 37.6 Å². The molecular weight excluding hydrogens is 426 g/mol. The number of rotatable bonds is 9. The molecule has 0 aliphatic rings. The second kappa shape index (κ2) is 11.8. The minimum Gasteiger partial charge on any atom is -0.496 e. The summed E-state index contributed by atoms with van der Waals surface area (Å²) in [4.78, 5) is 25.4. The normalized spacial score (nSPS) is 11.9. The van der Waals surface area contributed by atoms with Crippen LogP contribution in [0.15, 0.2) is 77.9 Å². The zero-order valence-corrected chi connectivity index (χ0v) is 20.0. The van der Waals surface area contributed by atoms with E-state index in [0.29, 0.717) is 5.56 Å². The van der Waals surface area contributed by atoms with Gasteiger partial charge in [-0.25, -0.2) is 5.43 Å². The lowest BCUT2D eigenvalue weighted by Gasteiger charge is -2.18. The van der Waals surface area contributed by atoms with Crippen LogP contribution in [0.3, 0.4) is 0 Å². The minimum absolute atomic E-state index is 0.0543. The van der Waals surface area contributed by atoms with Crippen molar-refractivity contribution in [1.82, 2.24) is 10.7 Å². The molecule has 3 rings (SSSR count). The average Bonchev–Trinajstić information content (AvgIpc) is 2.85. The number of hydrogen-bond acceptors (Lipinski definition) is 4. The molecule has 0 unspecified atom stereocenters. The maximum Gasteiger partial charge on any atom is 0.251 e. The summed E-state index contributed by atoms with van der Waals surface area (Å²) < 4.78 is 5.49. The van der Waals surface area contributed by atoms with Crippen molar-refractivity contribution < 1.29 is 14.3 Å². The molecule has 0 radical (unpaired) electrons. The molecule has 34 heavy (non-hydrogen) atoms. The Morgan fingerprint density at radius 3 is 2.26 bits per heavy atom. The molecule has 2 N–H and O–H groups in total. The second-order valence-electron chi connectivity index (χ2n) is 8.41. The summed E-state index contributed by atoms with van der Waals surface area (Å²) in [6.45, 7) is 6.17. The molecule has 0 fully saturated rings. The Labute approximate surface area is 201 Å². The number of hydrazone groups is 1. The van der Waals surface area contributed by atoms with Gasteiger partial charge in [0.05, 0.1) is 25.8 Å². The zero-order valence-electron chi connectivity index (χ0n) is 20.0. The van der Waals surface area contributed by atoms with Gasteiger partial charge in [0.1, 0.15) is 5.75 Å². The van der Waals surface area contributed by atoms with Crippen molar-refractivity contribution in [3.63, 3.8) is 0 Å². The van der Waals surface area contributed by atoms with Gasteiger partial charge in [-0.15, -0.1) is 0 Å². The highest BCUT2D eigenvalue weighted by molar-refractivity contribution is 5.94. The lowest BCUT2D eigenvalue weighted by atomic mass is 9.97. The van der Waals surface area contributed by atoms with Gasteiger partial charge in [-0.2, -0.15) is 5.10 Å². The molecule has 0 aromatic heterocycles. The van der Waals surface area contributed by atoms with E-state index in [2.05, 4.69) is 29.7 Å². The van der Waals surface area contributed by atoms with Crippen molar-refractivity contribution >= 4 is 18.0 Å². The number of hydrogen-bond donors (Lipinski definition) is 2. The standard InChI is InChI=1S/C28H31N3O3/c1-19(2)24-16-23(20(3)15-26(24)34-4)18-29-31-27(32)17-25(21-11-7-5-8-12-21)30-28(33)22-13-9-6-10-14-22/h5-16,18-19,25H,17H2,1-4H3,(H,30,33)(H,31,32)/b29-18-/t25-/m0/s1. The monoisotopic (exact) mass is 457 g/mol. The molecule has 6 heteroatoms. The smallest absolute Gasteiger partial charge is 0.251 e. The third-order valence-electron chi connectivity index (χ3n) is 5.57. The predicted molar refractivity (Wildman–Crippen MR) is 135 cm³/mol. The van der Waals surface area contributed by atoms with Crippen molar-refractivity contribution in [2.75, 3.05) is 7.11 Å².